The van der Waals surface area contributed by atoms with E-state index in [4.69, 9.17) is 14.9 Å². The number of urea groups is 1. The Morgan fingerprint density at radius 2 is 1.77 bits per heavy atom. The van der Waals surface area contributed by atoms with Gasteiger partial charge >= 0.3 is 12.0 Å². The molecule has 3 rings (SSSR count). The van der Waals surface area contributed by atoms with Gasteiger partial charge in [-0.3, -0.25) is 14.4 Å². The second-order valence-corrected chi connectivity index (χ2v) is 7.05. The SMILES string of the molecule is Cc1ccc(N2C(=O)CN(Cc3ccc(COC(=O)CCCC(N)=O)o3)C2=O)cc1. The lowest BCUT2D eigenvalue weighted by atomic mass is 10.2. The van der Waals surface area contributed by atoms with E-state index in [0.717, 1.165) is 10.5 Å². The van der Waals surface area contributed by atoms with Crippen molar-refractivity contribution in [2.75, 3.05) is 11.4 Å². The number of nitrogens with two attached hydrogens (primary N) is 1. The van der Waals surface area contributed by atoms with Crippen LogP contribution in [0.5, 0.6) is 0 Å². The molecule has 1 fully saturated rings. The Labute approximate surface area is 173 Å². The van der Waals surface area contributed by atoms with E-state index in [1.54, 1.807) is 24.3 Å². The molecule has 0 radical (unpaired) electrons. The molecule has 0 atom stereocenters. The summed E-state index contributed by atoms with van der Waals surface area (Å²) in [4.78, 5) is 49.8. The number of benzene rings is 1. The number of rotatable bonds is 9. The number of primary amides is 1. The van der Waals surface area contributed by atoms with Crippen molar-refractivity contribution < 1.29 is 28.3 Å². The highest BCUT2D eigenvalue weighted by atomic mass is 16.5. The van der Waals surface area contributed by atoms with Gasteiger partial charge in [-0.05, 0) is 37.6 Å². The number of carbonyl (C=O) groups is 4. The monoisotopic (exact) mass is 413 g/mol. The highest BCUT2D eigenvalue weighted by molar-refractivity contribution is 6.19. The van der Waals surface area contributed by atoms with Gasteiger partial charge in [0.05, 0.1) is 12.2 Å². The van der Waals surface area contributed by atoms with Crippen LogP contribution in [0.3, 0.4) is 0 Å². The molecule has 0 bridgehead atoms. The van der Waals surface area contributed by atoms with E-state index in [9.17, 15) is 19.2 Å². The van der Waals surface area contributed by atoms with Crippen LogP contribution >= 0.6 is 0 Å². The first kappa shape index (κ1) is 21.1. The van der Waals surface area contributed by atoms with Gasteiger partial charge in [-0.1, -0.05) is 17.7 Å². The zero-order chi connectivity index (χ0) is 21.7. The molecule has 158 valence electrons. The van der Waals surface area contributed by atoms with E-state index < -0.39 is 17.9 Å². The van der Waals surface area contributed by atoms with Crippen molar-refractivity contribution in [2.45, 2.75) is 39.3 Å². The van der Waals surface area contributed by atoms with E-state index in [-0.39, 0.29) is 38.4 Å². The largest absolute Gasteiger partial charge is 0.461 e. The minimum atomic E-state index is -0.464. The molecule has 1 aromatic heterocycles. The van der Waals surface area contributed by atoms with E-state index in [0.29, 0.717) is 23.6 Å². The number of furan rings is 1. The van der Waals surface area contributed by atoms with Crippen molar-refractivity contribution >= 4 is 29.5 Å². The number of esters is 1. The first-order valence-electron chi connectivity index (χ1n) is 9.53. The van der Waals surface area contributed by atoms with Gasteiger partial charge in [0.15, 0.2) is 0 Å². The van der Waals surface area contributed by atoms with E-state index >= 15 is 0 Å². The number of amides is 4. The van der Waals surface area contributed by atoms with Gasteiger partial charge in [-0.2, -0.15) is 0 Å². The van der Waals surface area contributed by atoms with Crippen molar-refractivity contribution in [3.63, 3.8) is 0 Å². The fourth-order valence-corrected chi connectivity index (χ4v) is 3.03. The van der Waals surface area contributed by atoms with Crippen LogP contribution in [0.25, 0.3) is 0 Å². The third kappa shape index (κ3) is 5.25. The fourth-order valence-electron chi connectivity index (χ4n) is 3.03. The number of ether oxygens (including phenoxy) is 1. The van der Waals surface area contributed by atoms with Gasteiger partial charge in [-0.15, -0.1) is 0 Å². The third-order valence-corrected chi connectivity index (χ3v) is 4.57. The number of carbonyl (C=O) groups excluding carboxylic acids is 4. The van der Waals surface area contributed by atoms with Crippen LogP contribution in [0.4, 0.5) is 10.5 Å². The smallest absolute Gasteiger partial charge is 0.332 e. The molecule has 0 saturated carbocycles. The van der Waals surface area contributed by atoms with Crippen molar-refractivity contribution in [2.24, 2.45) is 5.73 Å². The molecule has 1 aromatic carbocycles. The summed E-state index contributed by atoms with van der Waals surface area (Å²) in [6.07, 6.45) is 0.554. The lowest BCUT2D eigenvalue weighted by Crippen LogP contribution is -2.32. The van der Waals surface area contributed by atoms with Crippen LogP contribution in [-0.4, -0.2) is 35.3 Å². The molecule has 0 spiro atoms. The molecule has 30 heavy (non-hydrogen) atoms. The lowest BCUT2D eigenvalue weighted by molar-refractivity contribution is -0.145. The Hall–Kier alpha value is -3.62. The minimum absolute atomic E-state index is 0.0441. The van der Waals surface area contributed by atoms with Crippen molar-refractivity contribution in [1.82, 2.24) is 4.90 Å². The van der Waals surface area contributed by atoms with E-state index in [2.05, 4.69) is 0 Å². The first-order chi connectivity index (χ1) is 14.3. The molecule has 2 heterocycles. The van der Waals surface area contributed by atoms with Crippen LogP contribution in [0.2, 0.25) is 0 Å². The van der Waals surface area contributed by atoms with Crippen molar-refractivity contribution in [1.29, 1.82) is 0 Å². The number of hydrogen-bond donors (Lipinski definition) is 1. The number of nitrogens with zero attached hydrogens (tertiary/aromatic N) is 2. The van der Waals surface area contributed by atoms with Gasteiger partial charge in [0.2, 0.25) is 5.91 Å². The van der Waals surface area contributed by atoms with Crippen LogP contribution in [0.15, 0.2) is 40.8 Å². The quantitative estimate of drug-likeness (QED) is 0.497. The fraction of sp³-hybridized carbons (Fsp3) is 0.333. The summed E-state index contributed by atoms with van der Waals surface area (Å²) in [5, 5.41) is 0. The maximum Gasteiger partial charge on any atom is 0.332 e. The van der Waals surface area contributed by atoms with Gasteiger partial charge in [-0.25, -0.2) is 9.69 Å². The Balaban J connectivity index is 1.52. The molecule has 9 heteroatoms. The summed E-state index contributed by atoms with van der Waals surface area (Å²) in [6.45, 7) is 1.95. The molecule has 0 aliphatic carbocycles. The average Bonchev–Trinajstić information content (AvgIpc) is 3.25. The second kappa shape index (κ2) is 9.25. The average molecular weight is 413 g/mol. The number of hydrogen-bond acceptors (Lipinski definition) is 6. The van der Waals surface area contributed by atoms with Gasteiger partial charge in [0.1, 0.15) is 24.7 Å². The van der Waals surface area contributed by atoms with Crippen molar-refractivity contribution in [3.05, 3.63) is 53.5 Å². The van der Waals surface area contributed by atoms with E-state index in [1.807, 2.05) is 19.1 Å². The van der Waals surface area contributed by atoms with E-state index in [1.165, 1.54) is 4.90 Å². The molecule has 9 nitrogen and oxygen atoms in total. The topological polar surface area (TPSA) is 123 Å². The second-order valence-electron chi connectivity index (χ2n) is 7.05. The Morgan fingerprint density at radius 1 is 1.07 bits per heavy atom. The molecule has 1 saturated heterocycles. The lowest BCUT2D eigenvalue weighted by Gasteiger charge is -2.16. The van der Waals surface area contributed by atoms with Crippen molar-refractivity contribution in [3.8, 4) is 0 Å². The summed E-state index contributed by atoms with van der Waals surface area (Å²) < 4.78 is 10.7. The maximum absolute atomic E-state index is 12.7. The molecule has 1 aliphatic rings. The normalized spacial score (nSPS) is 13.8. The van der Waals surface area contributed by atoms with Crippen LogP contribution in [0, 0.1) is 6.92 Å². The molecule has 0 unspecified atom stereocenters. The Kier molecular flexibility index (Phi) is 6.51. The summed E-state index contributed by atoms with van der Waals surface area (Å²) in [5.41, 5.74) is 6.58. The van der Waals surface area contributed by atoms with Crippen LogP contribution in [-0.2, 0) is 32.3 Å². The molecule has 2 N–H and O–H groups in total. The van der Waals surface area contributed by atoms with Crippen LogP contribution in [0.1, 0.15) is 36.3 Å². The van der Waals surface area contributed by atoms with Crippen LogP contribution < -0.4 is 10.6 Å². The number of imide groups is 1. The number of anilines is 1. The molecular formula is C21H23N3O6. The zero-order valence-corrected chi connectivity index (χ0v) is 16.6. The standard InChI is InChI=1S/C21H23N3O6/c1-14-5-7-15(8-6-14)24-19(26)12-23(21(24)28)11-16-9-10-17(30-16)13-29-20(27)4-2-3-18(22)25/h5-10H,2-4,11-13H2,1H3,(H2,22,25). The first-order valence-corrected chi connectivity index (χ1v) is 9.53. The molecule has 4 amide bonds. The minimum Gasteiger partial charge on any atom is -0.461 e. The summed E-state index contributed by atoms with van der Waals surface area (Å²) in [6, 6.07) is 10.0. The summed E-state index contributed by atoms with van der Waals surface area (Å²) in [5.74, 6) is -0.332. The van der Waals surface area contributed by atoms with Gasteiger partial charge < -0.3 is 19.8 Å². The molecular weight excluding hydrogens is 390 g/mol. The van der Waals surface area contributed by atoms with Gasteiger partial charge in [0.25, 0.3) is 5.91 Å². The maximum atomic E-state index is 12.7. The predicted molar refractivity (Wildman–Crippen MR) is 106 cm³/mol. The predicted octanol–water partition coefficient (Wildman–Crippen LogP) is 2.26. The highest BCUT2D eigenvalue weighted by Gasteiger charge is 2.37. The van der Waals surface area contributed by atoms with Gasteiger partial charge in [0, 0.05) is 12.8 Å². The number of aryl methyl sites for hydroxylation is 1. The summed E-state index contributed by atoms with van der Waals surface area (Å²) >= 11 is 0. The third-order valence-electron chi connectivity index (χ3n) is 4.57. The highest BCUT2D eigenvalue weighted by Crippen LogP contribution is 2.23. The summed E-state index contributed by atoms with van der Waals surface area (Å²) in [7, 11) is 0. The zero-order valence-electron chi connectivity index (χ0n) is 16.6. The molecule has 2 aromatic rings. The Bertz CT molecular complexity index is 950. The molecule has 1 aliphatic heterocycles. The Morgan fingerprint density at radius 3 is 2.47 bits per heavy atom.